The molecule has 4 nitrogen and oxygen atoms in total. The Morgan fingerprint density at radius 1 is 1.22 bits per heavy atom. The van der Waals surface area contributed by atoms with E-state index in [-0.39, 0.29) is 0 Å². The van der Waals surface area contributed by atoms with Crippen LogP contribution in [0.4, 0.5) is 5.82 Å². The summed E-state index contributed by atoms with van der Waals surface area (Å²) in [6.45, 7) is 0.779. The van der Waals surface area contributed by atoms with Gasteiger partial charge in [0.25, 0.3) is 0 Å². The fourth-order valence-electron chi connectivity index (χ4n) is 1.55. The fraction of sp³-hybridized carbons (Fsp3) is 0.231. The smallest absolute Gasteiger partial charge is 0.149 e. The van der Waals surface area contributed by atoms with Crippen LogP contribution in [0.3, 0.4) is 0 Å². The third-order valence-corrected chi connectivity index (χ3v) is 2.67. The van der Waals surface area contributed by atoms with Gasteiger partial charge in [-0.25, -0.2) is 4.98 Å². The molecular weight excluding hydrogens is 250 g/mol. The molecule has 0 radical (unpaired) electrons. The Balaban J connectivity index is 1.84. The molecule has 18 heavy (non-hydrogen) atoms. The number of anilines is 1. The van der Waals surface area contributed by atoms with Crippen molar-refractivity contribution in [3.05, 3.63) is 47.4 Å². The molecule has 1 aromatic heterocycles. The van der Waals surface area contributed by atoms with E-state index in [1.165, 1.54) is 11.8 Å². The first kappa shape index (κ1) is 12.6. The Hall–Kier alpha value is -1.81. The van der Waals surface area contributed by atoms with Gasteiger partial charge < -0.3 is 10.1 Å². The van der Waals surface area contributed by atoms with Gasteiger partial charge in [-0.3, -0.25) is 4.98 Å². The van der Waals surface area contributed by atoms with Gasteiger partial charge in [-0.05, 0) is 24.1 Å². The standard InChI is InChI=1S/C13H14ClN3O/c1-18-11-4-2-10(3-5-11)6-7-16-13-9-15-8-12(14)17-13/h2-5,8-9H,6-7H2,1H3,(H,16,17). The Morgan fingerprint density at radius 2 is 2.00 bits per heavy atom. The van der Waals surface area contributed by atoms with Crippen molar-refractivity contribution < 1.29 is 4.74 Å². The van der Waals surface area contributed by atoms with Crippen molar-refractivity contribution in [2.75, 3.05) is 19.0 Å². The monoisotopic (exact) mass is 263 g/mol. The summed E-state index contributed by atoms with van der Waals surface area (Å²) in [5, 5.41) is 3.57. The third-order valence-electron chi connectivity index (χ3n) is 2.48. The zero-order valence-corrected chi connectivity index (χ0v) is 10.8. The highest BCUT2D eigenvalue weighted by molar-refractivity contribution is 6.29. The summed E-state index contributed by atoms with van der Waals surface area (Å²) in [4.78, 5) is 8.06. The maximum absolute atomic E-state index is 5.75. The van der Waals surface area contributed by atoms with E-state index in [1.54, 1.807) is 13.3 Å². The van der Waals surface area contributed by atoms with E-state index < -0.39 is 0 Å². The van der Waals surface area contributed by atoms with Crippen LogP contribution in [0.2, 0.25) is 5.15 Å². The molecule has 5 heteroatoms. The van der Waals surface area contributed by atoms with Gasteiger partial charge in [0.05, 0.1) is 19.5 Å². The number of methoxy groups -OCH3 is 1. The van der Waals surface area contributed by atoms with Crippen LogP contribution < -0.4 is 10.1 Å². The van der Waals surface area contributed by atoms with E-state index in [0.717, 1.165) is 18.7 Å². The van der Waals surface area contributed by atoms with Crippen molar-refractivity contribution in [1.82, 2.24) is 9.97 Å². The summed E-state index contributed by atoms with van der Waals surface area (Å²) in [5.41, 5.74) is 1.23. The lowest BCUT2D eigenvalue weighted by atomic mass is 10.1. The third kappa shape index (κ3) is 3.60. The first-order valence-electron chi connectivity index (χ1n) is 5.62. The molecule has 1 heterocycles. The van der Waals surface area contributed by atoms with Crippen LogP contribution in [0, 0.1) is 0 Å². The number of benzene rings is 1. The second kappa shape index (κ2) is 6.21. The van der Waals surface area contributed by atoms with Crippen molar-refractivity contribution in [2.24, 2.45) is 0 Å². The molecule has 0 amide bonds. The molecule has 2 rings (SSSR count). The molecule has 0 aliphatic rings. The number of nitrogens with zero attached hydrogens (tertiary/aromatic N) is 2. The summed E-state index contributed by atoms with van der Waals surface area (Å²) < 4.78 is 5.11. The minimum absolute atomic E-state index is 0.393. The van der Waals surface area contributed by atoms with Gasteiger partial charge in [0.1, 0.15) is 16.7 Å². The molecule has 0 aliphatic heterocycles. The fourth-order valence-corrected chi connectivity index (χ4v) is 1.70. The van der Waals surface area contributed by atoms with Crippen LogP contribution in [-0.2, 0) is 6.42 Å². The van der Waals surface area contributed by atoms with Gasteiger partial charge in [-0.1, -0.05) is 23.7 Å². The average molecular weight is 264 g/mol. The molecule has 0 spiro atoms. The number of rotatable bonds is 5. The maximum Gasteiger partial charge on any atom is 0.149 e. The van der Waals surface area contributed by atoms with Crippen LogP contribution in [0.25, 0.3) is 0 Å². The Bertz CT molecular complexity index is 502. The second-order valence-electron chi connectivity index (χ2n) is 3.75. The molecule has 1 aromatic carbocycles. The van der Waals surface area contributed by atoms with Gasteiger partial charge in [-0.15, -0.1) is 0 Å². The number of nitrogens with one attached hydrogen (secondary N) is 1. The molecule has 1 N–H and O–H groups in total. The zero-order chi connectivity index (χ0) is 12.8. The molecule has 94 valence electrons. The molecule has 2 aromatic rings. The molecular formula is C13H14ClN3O. The highest BCUT2D eigenvalue weighted by atomic mass is 35.5. The van der Waals surface area contributed by atoms with Crippen molar-refractivity contribution >= 4 is 17.4 Å². The molecule has 0 atom stereocenters. The van der Waals surface area contributed by atoms with Gasteiger partial charge >= 0.3 is 0 Å². The van der Waals surface area contributed by atoms with Crippen molar-refractivity contribution in [3.8, 4) is 5.75 Å². The SMILES string of the molecule is COc1ccc(CCNc2cncc(Cl)n2)cc1. The lowest BCUT2D eigenvalue weighted by Crippen LogP contribution is -2.06. The molecule has 0 fully saturated rings. The Kier molecular flexibility index (Phi) is 4.36. The first-order valence-corrected chi connectivity index (χ1v) is 6.00. The number of hydrogen-bond acceptors (Lipinski definition) is 4. The summed E-state index contributed by atoms with van der Waals surface area (Å²) >= 11 is 5.75. The van der Waals surface area contributed by atoms with Gasteiger partial charge in [0, 0.05) is 6.54 Å². The first-order chi connectivity index (χ1) is 8.78. The second-order valence-corrected chi connectivity index (χ2v) is 4.14. The van der Waals surface area contributed by atoms with E-state index in [2.05, 4.69) is 15.3 Å². The number of halogens is 1. The van der Waals surface area contributed by atoms with E-state index >= 15 is 0 Å². The highest BCUT2D eigenvalue weighted by Crippen LogP contribution is 2.12. The van der Waals surface area contributed by atoms with Crippen LogP contribution in [0.5, 0.6) is 5.75 Å². The van der Waals surface area contributed by atoms with Crippen molar-refractivity contribution in [2.45, 2.75) is 6.42 Å². The van der Waals surface area contributed by atoms with E-state index in [0.29, 0.717) is 11.0 Å². The predicted octanol–water partition coefficient (Wildman–Crippen LogP) is 2.79. The van der Waals surface area contributed by atoms with Gasteiger partial charge in [-0.2, -0.15) is 0 Å². The topological polar surface area (TPSA) is 47.0 Å². The molecule has 0 saturated carbocycles. The zero-order valence-electron chi connectivity index (χ0n) is 10.1. The Labute approximate surface area is 111 Å². The minimum Gasteiger partial charge on any atom is -0.497 e. The van der Waals surface area contributed by atoms with Crippen LogP contribution in [0.15, 0.2) is 36.7 Å². The van der Waals surface area contributed by atoms with E-state index in [1.807, 2.05) is 24.3 Å². The summed E-state index contributed by atoms with van der Waals surface area (Å²) in [6.07, 6.45) is 4.06. The Morgan fingerprint density at radius 3 is 2.67 bits per heavy atom. The summed E-state index contributed by atoms with van der Waals surface area (Å²) in [6, 6.07) is 8.00. The van der Waals surface area contributed by atoms with Crippen LogP contribution >= 0.6 is 11.6 Å². The average Bonchev–Trinajstić information content (AvgIpc) is 2.40. The van der Waals surface area contributed by atoms with Crippen LogP contribution in [-0.4, -0.2) is 23.6 Å². The van der Waals surface area contributed by atoms with Gasteiger partial charge in [0.15, 0.2) is 0 Å². The lowest BCUT2D eigenvalue weighted by molar-refractivity contribution is 0.414. The van der Waals surface area contributed by atoms with Gasteiger partial charge in [0.2, 0.25) is 0 Å². The normalized spacial score (nSPS) is 10.1. The molecule has 0 bridgehead atoms. The van der Waals surface area contributed by atoms with E-state index in [9.17, 15) is 0 Å². The quantitative estimate of drug-likeness (QED) is 0.901. The lowest BCUT2D eigenvalue weighted by Gasteiger charge is -2.06. The molecule has 0 unspecified atom stereocenters. The highest BCUT2D eigenvalue weighted by Gasteiger charge is 1.97. The minimum atomic E-state index is 0.393. The number of ether oxygens (including phenoxy) is 1. The predicted molar refractivity (Wildman–Crippen MR) is 72.2 cm³/mol. The molecule has 0 aliphatic carbocycles. The summed E-state index contributed by atoms with van der Waals surface area (Å²) in [7, 11) is 1.66. The number of hydrogen-bond donors (Lipinski definition) is 1. The van der Waals surface area contributed by atoms with Crippen LogP contribution in [0.1, 0.15) is 5.56 Å². The van der Waals surface area contributed by atoms with Crippen molar-refractivity contribution in [3.63, 3.8) is 0 Å². The number of aromatic nitrogens is 2. The summed E-state index contributed by atoms with van der Waals surface area (Å²) in [5.74, 6) is 1.56. The largest absolute Gasteiger partial charge is 0.497 e. The van der Waals surface area contributed by atoms with Crippen molar-refractivity contribution in [1.29, 1.82) is 0 Å². The molecule has 0 saturated heterocycles. The van der Waals surface area contributed by atoms with E-state index in [4.69, 9.17) is 16.3 Å². The maximum atomic E-state index is 5.75.